The van der Waals surface area contributed by atoms with Crippen molar-refractivity contribution in [3.05, 3.63) is 39.6 Å². The molecule has 1 N–H and O–H groups in total. The van der Waals surface area contributed by atoms with Crippen LogP contribution in [0.3, 0.4) is 0 Å². The van der Waals surface area contributed by atoms with E-state index >= 15 is 0 Å². The van der Waals surface area contributed by atoms with E-state index in [-0.39, 0.29) is 11.8 Å². The average molecular weight is 380 g/mol. The third-order valence-electron chi connectivity index (χ3n) is 3.88. The van der Waals surface area contributed by atoms with Crippen LogP contribution in [0.15, 0.2) is 22.7 Å². The Bertz CT molecular complexity index is 725. The van der Waals surface area contributed by atoms with E-state index in [0.29, 0.717) is 6.54 Å². The minimum Gasteiger partial charge on any atom is -0.497 e. The first-order valence-electron chi connectivity index (χ1n) is 7.48. The number of aryl methyl sites for hydroxylation is 2. The maximum Gasteiger partial charge on any atom is 0.229 e. The van der Waals surface area contributed by atoms with Crippen molar-refractivity contribution in [3.63, 3.8) is 0 Å². The van der Waals surface area contributed by atoms with Crippen molar-refractivity contribution < 1.29 is 9.53 Å². The molecule has 0 aliphatic carbocycles. The summed E-state index contributed by atoms with van der Waals surface area (Å²) in [7, 11) is 1.63. The number of amides is 1. The van der Waals surface area contributed by atoms with Gasteiger partial charge in [-0.25, -0.2) is 0 Å². The lowest BCUT2D eigenvalue weighted by molar-refractivity contribution is -0.119. The van der Waals surface area contributed by atoms with Crippen molar-refractivity contribution in [2.24, 2.45) is 5.92 Å². The van der Waals surface area contributed by atoms with Gasteiger partial charge in [-0.3, -0.25) is 9.48 Å². The quantitative estimate of drug-likeness (QED) is 0.857. The molecule has 2 rings (SSSR count). The molecule has 2 aromatic rings. The van der Waals surface area contributed by atoms with Crippen molar-refractivity contribution in [1.82, 2.24) is 9.78 Å². The lowest BCUT2D eigenvalue weighted by Gasteiger charge is -2.15. The fourth-order valence-electron chi connectivity index (χ4n) is 2.35. The topological polar surface area (TPSA) is 56.1 Å². The molecule has 5 nitrogen and oxygen atoms in total. The first-order chi connectivity index (χ1) is 10.8. The molecule has 1 unspecified atom stereocenters. The summed E-state index contributed by atoms with van der Waals surface area (Å²) < 4.78 is 8.04. The second kappa shape index (κ2) is 7.17. The Hall–Kier alpha value is -1.82. The van der Waals surface area contributed by atoms with E-state index < -0.39 is 0 Å². The van der Waals surface area contributed by atoms with Gasteiger partial charge in [-0.15, -0.1) is 0 Å². The Morgan fingerprint density at radius 1 is 1.39 bits per heavy atom. The van der Waals surface area contributed by atoms with Crippen molar-refractivity contribution in [2.75, 3.05) is 12.4 Å². The van der Waals surface area contributed by atoms with E-state index in [1.165, 1.54) is 0 Å². The Labute approximate surface area is 145 Å². The smallest absolute Gasteiger partial charge is 0.229 e. The molecule has 0 saturated heterocycles. The lowest BCUT2D eigenvalue weighted by Crippen LogP contribution is -2.25. The first-order valence-corrected chi connectivity index (χ1v) is 8.27. The second-order valence-corrected chi connectivity index (χ2v) is 6.53. The van der Waals surface area contributed by atoms with E-state index in [9.17, 15) is 4.79 Å². The Morgan fingerprint density at radius 3 is 2.61 bits per heavy atom. The minimum atomic E-state index is -0.193. The van der Waals surface area contributed by atoms with E-state index in [0.717, 1.165) is 32.9 Å². The predicted octanol–water partition coefficient (Wildman–Crippen LogP) is 3.85. The molecule has 1 aromatic carbocycles. The fraction of sp³-hybridized carbons (Fsp3) is 0.412. The normalized spacial score (nSPS) is 12.1. The van der Waals surface area contributed by atoms with Gasteiger partial charge in [-0.05, 0) is 60.5 Å². The molecule has 6 heteroatoms. The number of carbonyl (C=O) groups excluding carboxylic acids is 1. The van der Waals surface area contributed by atoms with Gasteiger partial charge >= 0.3 is 0 Å². The summed E-state index contributed by atoms with van der Waals surface area (Å²) in [6, 6.07) is 5.60. The molecule has 0 radical (unpaired) electrons. The number of nitrogens with zero attached hydrogens (tertiary/aromatic N) is 2. The molecule has 0 spiro atoms. The predicted molar refractivity (Wildman–Crippen MR) is 94.9 cm³/mol. The summed E-state index contributed by atoms with van der Waals surface area (Å²) in [5.74, 6) is 0.560. The molecule has 1 amide bonds. The van der Waals surface area contributed by atoms with Crippen LogP contribution in [0.1, 0.15) is 23.9 Å². The summed E-state index contributed by atoms with van der Waals surface area (Å²) in [6.07, 6.45) is 0. The molecular weight excluding hydrogens is 358 g/mol. The fourth-order valence-corrected chi connectivity index (χ4v) is 2.64. The number of anilines is 1. The molecule has 0 bridgehead atoms. The highest BCUT2D eigenvalue weighted by Gasteiger charge is 2.18. The Balaban J connectivity index is 2.06. The van der Waals surface area contributed by atoms with Crippen molar-refractivity contribution >= 4 is 27.5 Å². The molecular formula is C17H22BrN3O2. The summed E-state index contributed by atoms with van der Waals surface area (Å²) in [6.45, 7) is 8.32. The van der Waals surface area contributed by atoms with Crippen LogP contribution in [-0.2, 0) is 11.3 Å². The zero-order valence-electron chi connectivity index (χ0n) is 14.1. The van der Waals surface area contributed by atoms with Crippen LogP contribution in [0.4, 0.5) is 5.69 Å². The highest BCUT2D eigenvalue weighted by Crippen LogP contribution is 2.23. The molecule has 1 atom stereocenters. The zero-order valence-corrected chi connectivity index (χ0v) is 15.7. The molecule has 124 valence electrons. The number of aromatic nitrogens is 2. The number of hydrogen-bond acceptors (Lipinski definition) is 3. The number of ether oxygens (including phenoxy) is 1. The maximum atomic E-state index is 12.4. The number of carbonyl (C=O) groups is 1. The molecule has 1 aromatic heterocycles. The third kappa shape index (κ3) is 3.93. The molecule has 0 saturated carbocycles. The van der Waals surface area contributed by atoms with Crippen molar-refractivity contribution in [1.29, 1.82) is 0 Å². The van der Waals surface area contributed by atoms with Gasteiger partial charge in [0.2, 0.25) is 5.91 Å². The highest BCUT2D eigenvalue weighted by molar-refractivity contribution is 9.10. The van der Waals surface area contributed by atoms with Gasteiger partial charge in [0.1, 0.15) is 5.75 Å². The number of hydrogen-bond donors (Lipinski definition) is 1. The van der Waals surface area contributed by atoms with Gasteiger partial charge in [0.15, 0.2) is 0 Å². The SMILES string of the molecule is COc1ccc(NC(=O)C(C)Cn2nc(C)c(Br)c2C)c(C)c1. The second-order valence-electron chi connectivity index (χ2n) is 5.74. The van der Waals surface area contributed by atoms with Crippen LogP contribution in [0.5, 0.6) is 5.75 Å². The molecule has 0 fully saturated rings. The summed E-state index contributed by atoms with van der Waals surface area (Å²) in [4.78, 5) is 12.4. The first kappa shape index (κ1) is 17.5. The highest BCUT2D eigenvalue weighted by atomic mass is 79.9. The summed E-state index contributed by atoms with van der Waals surface area (Å²) in [5.41, 5.74) is 3.74. The number of methoxy groups -OCH3 is 1. The van der Waals surface area contributed by atoms with Crippen LogP contribution in [0.25, 0.3) is 0 Å². The van der Waals surface area contributed by atoms with Gasteiger partial charge in [-0.2, -0.15) is 5.10 Å². The third-order valence-corrected chi connectivity index (χ3v) is 5.03. The van der Waals surface area contributed by atoms with E-state index in [1.54, 1.807) is 7.11 Å². The maximum absolute atomic E-state index is 12.4. The van der Waals surface area contributed by atoms with Crippen LogP contribution >= 0.6 is 15.9 Å². The average Bonchev–Trinajstić information content (AvgIpc) is 2.76. The summed E-state index contributed by atoms with van der Waals surface area (Å²) >= 11 is 3.51. The molecule has 0 aliphatic rings. The lowest BCUT2D eigenvalue weighted by atomic mass is 10.1. The number of halogens is 1. The van der Waals surface area contributed by atoms with Crippen LogP contribution < -0.4 is 10.1 Å². The van der Waals surface area contributed by atoms with E-state index in [1.807, 2.05) is 50.6 Å². The van der Waals surface area contributed by atoms with Crippen molar-refractivity contribution in [2.45, 2.75) is 34.2 Å². The van der Waals surface area contributed by atoms with Gasteiger partial charge < -0.3 is 10.1 Å². The van der Waals surface area contributed by atoms with E-state index in [4.69, 9.17) is 4.74 Å². The van der Waals surface area contributed by atoms with Crippen LogP contribution in [-0.4, -0.2) is 22.8 Å². The standard InChI is InChI=1S/C17H22BrN3O2/c1-10-8-14(23-5)6-7-15(10)19-17(22)11(2)9-21-13(4)16(18)12(3)20-21/h6-8,11H,9H2,1-5H3,(H,19,22). The summed E-state index contributed by atoms with van der Waals surface area (Å²) in [5, 5.41) is 7.43. The Morgan fingerprint density at radius 2 is 2.09 bits per heavy atom. The largest absolute Gasteiger partial charge is 0.497 e. The minimum absolute atomic E-state index is 0.0260. The van der Waals surface area contributed by atoms with Gasteiger partial charge in [0.25, 0.3) is 0 Å². The molecule has 1 heterocycles. The zero-order chi connectivity index (χ0) is 17.1. The Kier molecular flexibility index (Phi) is 5.46. The van der Waals surface area contributed by atoms with E-state index in [2.05, 4.69) is 26.3 Å². The van der Waals surface area contributed by atoms with Gasteiger partial charge in [0.05, 0.1) is 29.7 Å². The number of rotatable bonds is 5. The number of benzene rings is 1. The number of nitrogens with one attached hydrogen (secondary N) is 1. The molecule has 0 aliphatic heterocycles. The van der Waals surface area contributed by atoms with Crippen LogP contribution in [0.2, 0.25) is 0 Å². The van der Waals surface area contributed by atoms with Crippen LogP contribution in [0, 0.1) is 26.7 Å². The van der Waals surface area contributed by atoms with Crippen molar-refractivity contribution in [3.8, 4) is 5.75 Å². The monoisotopic (exact) mass is 379 g/mol. The van der Waals surface area contributed by atoms with Gasteiger partial charge in [0, 0.05) is 11.4 Å². The van der Waals surface area contributed by atoms with Gasteiger partial charge in [-0.1, -0.05) is 6.92 Å². The molecule has 23 heavy (non-hydrogen) atoms.